The molecule has 1 atom stereocenters. The number of halogens is 3. The summed E-state index contributed by atoms with van der Waals surface area (Å²) in [5.74, 6) is -1.23. The number of alkyl halides is 1. The predicted octanol–water partition coefficient (Wildman–Crippen LogP) is 11.0. The number of amides is 1. The Balaban J connectivity index is 1.81. The van der Waals surface area contributed by atoms with Crippen LogP contribution < -0.4 is 10.0 Å². The highest BCUT2D eigenvalue weighted by molar-refractivity contribution is 7.92. The summed E-state index contributed by atoms with van der Waals surface area (Å²) >= 11 is 18.6. The Morgan fingerprint density at radius 3 is 1.69 bits per heavy atom. The first kappa shape index (κ1) is 39.4. The third-order valence-electron chi connectivity index (χ3n) is 7.81. The van der Waals surface area contributed by atoms with E-state index in [9.17, 15) is 18.0 Å². The van der Waals surface area contributed by atoms with Gasteiger partial charge in [-0.25, -0.2) is 8.42 Å². The Morgan fingerprint density at radius 2 is 1.20 bits per heavy atom. The van der Waals surface area contributed by atoms with Gasteiger partial charge in [-0.15, -0.1) is 11.6 Å². The molecule has 0 aliphatic rings. The third kappa shape index (κ3) is 14.2. The second-order valence-corrected chi connectivity index (χ2v) is 15.8. The van der Waals surface area contributed by atoms with Crippen LogP contribution in [0.3, 0.4) is 0 Å². The van der Waals surface area contributed by atoms with Crippen LogP contribution in [0.5, 0.6) is 0 Å². The van der Waals surface area contributed by atoms with Crippen molar-refractivity contribution in [3.05, 3.63) is 52.0 Å². The average Bonchev–Trinajstić information content (AvgIpc) is 2.98. The number of ketones is 1. The summed E-state index contributed by atoms with van der Waals surface area (Å²) in [4.78, 5) is 25.1. The minimum atomic E-state index is -3.98. The fourth-order valence-corrected chi connectivity index (χ4v) is 6.97. The third-order valence-corrected chi connectivity index (χ3v) is 10.2. The lowest BCUT2D eigenvalue weighted by Gasteiger charge is -2.20. The van der Waals surface area contributed by atoms with Crippen molar-refractivity contribution in [2.45, 2.75) is 134 Å². The van der Waals surface area contributed by atoms with Gasteiger partial charge in [-0.2, -0.15) is 0 Å². The molecule has 0 saturated carbocycles. The molecule has 0 aliphatic carbocycles. The quantitative estimate of drug-likeness (QED) is 0.0770. The number of sulfonamides is 1. The average molecular weight is 702 g/mol. The first-order valence-electron chi connectivity index (χ1n) is 16.4. The van der Waals surface area contributed by atoms with Crippen LogP contribution >= 0.6 is 34.8 Å². The summed E-state index contributed by atoms with van der Waals surface area (Å²) in [7, 11) is -3.98. The molecule has 0 aliphatic heterocycles. The Morgan fingerprint density at radius 1 is 0.733 bits per heavy atom. The number of Topliss-reactive ketones (excluding diaryl/α,β-unsaturated/α-hetero) is 1. The van der Waals surface area contributed by atoms with Gasteiger partial charge in [0.1, 0.15) is 0 Å². The summed E-state index contributed by atoms with van der Waals surface area (Å²) in [6.45, 7) is 7.24. The number of anilines is 2. The minimum absolute atomic E-state index is 0.0242. The van der Waals surface area contributed by atoms with Crippen LogP contribution in [0.15, 0.2) is 41.3 Å². The second-order valence-electron chi connectivity index (χ2n) is 12.9. The van der Waals surface area contributed by atoms with E-state index in [1.54, 1.807) is 32.9 Å². The first-order valence-corrected chi connectivity index (χ1v) is 19.0. The minimum Gasteiger partial charge on any atom is -0.323 e. The van der Waals surface area contributed by atoms with Crippen molar-refractivity contribution >= 4 is 67.9 Å². The van der Waals surface area contributed by atoms with Crippen molar-refractivity contribution in [2.24, 2.45) is 5.41 Å². The maximum absolute atomic E-state index is 13.1. The number of nitrogens with one attached hydrogen (secondary N) is 2. The zero-order valence-electron chi connectivity index (χ0n) is 27.3. The molecule has 1 unspecified atom stereocenters. The molecular weight excluding hydrogens is 651 g/mol. The molecule has 1 amide bonds. The number of aryl methyl sites for hydroxylation is 1. The van der Waals surface area contributed by atoms with Crippen LogP contribution in [0.2, 0.25) is 10.0 Å². The highest BCUT2D eigenvalue weighted by Gasteiger charge is 2.33. The molecule has 0 bridgehead atoms. The zero-order chi connectivity index (χ0) is 33.5. The van der Waals surface area contributed by atoms with Gasteiger partial charge in [0.15, 0.2) is 11.2 Å². The van der Waals surface area contributed by atoms with Crippen LogP contribution in [0.1, 0.15) is 123 Å². The van der Waals surface area contributed by atoms with Crippen molar-refractivity contribution in [1.29, 1.82) is 0 Å². The SMILES string of the molecule is CCCCCCCCCCCCCCCCc1ccc(S(=O)(=O)Nc2cc(NC(=O)C(Cl)C(=O)C(C)(C)C)c(Cl)cc2Cl)cc1. The van der Waals surface area contributed by atoms with Gasteiger partial charge in [0.25, 0.3) is 10.0 Å². The van der Waals surface area contributed by atoms with Gasteiger partial charge in [-0.05, 0) is 42.7 Å². The Labute approximate surface area is 286 Å². The molecule has 0 saturated heterocycles. The van der Waals surface area contributed by atoms with Gasteiger partial charge in [0.05, 0.1) is 26.3 Å². The van der Waals surface area contributed by atoms with E-state index in [4.69, 9.17) is 34.8 Å². The van der Waals surface area contributed by atoms with E-state index in [1.165, 1.54) is 95.6 Å². The predicted molar refractivity (Wildman–Crippen MR) is 190 cm³/mol. The molecule has 0 fully saturated rings. The molecule has 10 heteroatoms. The van der Waals surface area contributed by atoms with Gasteiger partial charge in [-0.3, -0.25) is 14.3 Å². The maximum atomic E-state index is 13.1. The summed E-state index contributed by atoms with van der Waals surface area (Å²) < 4.78 is 28.7. The molecule has 0 radical (unpaired) electrons. The zero-order valence-corrected chi connectivity index (χ0v) is 30.4. The van der Waals surface area contributed by atoms with Gasteiger partial charge in [0.2, 0.25) is 5.91 Å². The van der Waals surface area contributed by atoms with Gasteiger partial charge >= 0.3 is 0 Å². The van der Waals surface area contributed by atoms with Crippen molar-refractivity contribution in [3.8, 4) is 0 Å². The molecular formula is C35H51Cl3N2O4S. The number of carbonyl (C=O) groups is 2. The van der Waals surface area contributed by atoms with E-state index in [0.717, 1.165) is 18.4 Å². The molecule has 45 heavy (non-hydrogen) atoms. The Hall–Kier alpha value is -1.80. The highest BCUT2D eigenvalue weighted by atomic mass is 35.5. The molecule has 2 aromatic rings. The van der Waals surface area contributed by atoms with Gasteiger partial charge < -0.3 is 5.32 Å². The van der Waals surface area contributed by atoms with Crippen LogP contribution in [0.25, 0.3) is 0 Å². The summed E-state index contributed by atoms with van der Waals surface area (Å²) in [6, 6.07) is 9.42. The van der Waals surface area contributed by atoms with Crippen molar-refractivity contribution in [1.82, 2.24) is 0 Å². The van der Waals surface area contributed by atoms with Crippen molar-refractivity contribution in [2.75, 3.05) is 10.0 Å². The second kappa shape index (κ2) is 19.8. The molecule has 0 spiro atoms. The standard InChI is InChI=1S/C35H51Cl3N2O4S/c1-5-6-7-8-9-10-11-12-13-14-15-16-17-18-19-26-20-22-27(23-21-26)45(43,44)40-31-25-30(28(36)24-29(31)37)39-34(42)32(38)33(41)35(2,3)4/h20-25,32,40H,5-19H2,1-4H3,(H,39,42). The monoisotopic (exact) mass is 700 g/mol. The van der Waals surface area contributed by atoms with Gasteiger partial charge in [-0.1, -0.05) is 147 Å². The van der Waals surface area contributed by atoms with Crippen LogP contribution in [0, 0.1) is 5.41 Å². The fourth-order valence-electron chi connectivity index (χ4n) is 4.98. The first-order chi connectivity index (χ1) is 21.3. The van der Waals surface area contributed by atoms with Crippen LogP contribution in [-0.2, 0) is 26.0 Å². The molecule has 2 aromatic carbocycles. The smallest absolute Gasteiger partial charge is 0.261 e. The summed E-state index contributed by atoms with van der Waals surface area (Å²) in [6.07, 6.45) is 19.3. The lowest BCUT2D eigenvalue weighted by Crippen LogP contribution is -2.37. The molecule has 0 heterocycles. The number of rotatable bonds is 21. The largest absolute Gasteiger partial charge is 0.323 e. The van der Waals surface area contributed by atoms with E-state index < -0.39 is 32.5 Å². The molecule has 252 valence electrons. The molecule has 6 nitrogen and oxygen atoms in total. The highest BCUT2D eigenvalue weighted by Crippen LogP contribution is 2.34. The van der Waals surface area contributed by atoms with E-state index in [-0.39, 0.29) is 26.3 Å². The molecule has 2 rings (SSSR count). The van der Waals surface area contributed by atoms with E-state index in [0.29, 0.717) is 0 Å². The molecule has 2 N–H and O–H groups in total. The van der Waals surface area contributed by atoms with Gasteiger partial charge in [0, 0.05) is 5.41 Å². The normalized spacial score (nSPS) is 12.6. The fraction of sp³-hybridized carbons (Fsp3) is 0.600. The van der Waals surface area contributed by atoms with E-state index >= 15 is 0 Å². The van der Waals surface area contributed by atoms with E-state index in [2.05, 4.69) is 17.0 Å². The maximum Gasteiger partial charge on any atom is 0.261 e. The van der Waals surface area contributed by atoms with Crippen molar-refractivity contribution in [3.63, 3.8) is 0 Å². The topological polar surface area (TPSA) is 92.3 Å². The number of carbonyl (C=O) groups excluding carboxylic acids is 2. The van der Waals surface area contributed by atoms with Crippen LogP contribution in [-0.4, -0.2) is 25.5 Å². The number of hydrogen-bond acceptors (Lipinski definition) is 4. The number of benzene rings is 2. The number of unbranched alkanes of at least 4 members (excludes halogenated alkanes) is 13. The molecule has 0 aromatic heterocycles. The van der Waals surface area contributed by atoms with Crippen molar-refractivity contribution < 1.29 is 18.0 Å². The van der Waals surface area contributed by atoms with E-state index in [1.807, 2.05) is 12.1 Å². The van der Waals surface area contributed by atoms with Crippen LogP contribution in [0.4, 0.5) is 11.4 Å². The Bertz CT molecular complexity index is 1330. The number of hydrogen-bond donors (Lipinski definition) is 2. The lowest BCUT2D eigenvalue weighted by molar-refractivity contribution is -0.130. The summed E-state index contributed by atoms with van der Waals surface area (Å²) in [5.41, 5.74) is 0.356. The lowest BCUT2D eigenvalue weighted by atomic mass is 9.88. The summed E-state index contributed by atoms with van der Waals surface area (Å²) in [5, 5.41) is 1.17. The Kier molecular flexibility index (Phi) is 17.3.